The van der Waals surface area contributed by atoms with Gasteiger partial charge >= 0.3 is 5.97 Å². The topological polar surface area (TPSA) is 163 Å². The van der Waals surface area contributed by atoms with E-state index in [0.717, 1.165) is 0 Å². The fraction of sp³-hybridized carbons (Fsp3) is 0.500. The van der Waals surface area contributed by atoms with Gasteiger partial charge in [-0.05, 0) is 37.5 Å². The number of fused-ring (bicyclic) bond motifs is 16. The second kappa shape index (κ2) is 11.8. The normalized spacial score (nSPS) is 25.3. The molecule has 0 saturated heterocycles. The van der Waals surface area contributed by atoms with Crippen molar-refractivity contribution in [1.29, 1.82) is 0 Å². The predicted molar refractivity (Wildman–Crippen MR) is 117 cm³/mol. The number of carbonyl (C=O) groups excluding carboxylic acids is 4. The Balaban J connectivity index is 2.29. The highest BCUT2D eigenvalue weighted by Gasteiger charge is 2.28. The molecule has 0 aromatic heterocycles. The zero-order valence-electron chi connectivity index (χ0n) is 18.8. The third-order valence-corrected chi connectivity index (χ3v) is 5.20. The lowest BCUT2D eigenvalue weighted by Crippen LogP contribution is -2.57. The van der Waals surface area contributed by atoms with Crippen molar-refractivity contribution < 1.29 is 33.8 Å². The van der Waals surface area contributed by atoms with Crippen LogP contribution in [0, 0.1) is 0 Å². The van der Waals surface area contributed by atoms with E-state index < -0.39 is 53.8 Å². The Bertz CT molecular complexity index is 887. The number of amides is 4. The minimum absolute atomic E-state index is 0.00826. The highest BCUT2D eigenvalue weighted by atomic mass is 16.5. The molecule has 0 spiro atoms. The zero-order valence-corrected chi connectivity index (χ0v) is 18.8. The summed E-state index contributed by atoms with van der Waals surface area (Å²) >= 11 is 0. The van der Waals surface area contributed by atoms with Crippen LogP contribution in [0.3, 0.4) is 0 Å². The van der Waals surface area contributed by atoms with Crippen LogP contribution in [-0.2, 0) is 30.4 Å². The Morgan fingerprint density at radius 2 is 1.48 bits per heavy atom. The summed E-state index contributed by atoms with van der Waals surface area (Å²) in [5, 5.41) is 19.6. The Morgan fingerprint density at radius 3 is 2.06 bits per heavy atom. The molecule has 11 nitrogen and oxygen atoms in total. The van der Waals surface area contributed by atoms with Crippen molar-refractivity contribution in [2.75, 3.05) is 6.61 Å². The maximum Gasteiger partial charge on any atom is 0.326 e. The SMILES string of the molecule is CCC1NC(=O)COc2ccc(cc2)CC(C(=O)O)NC(=O)C(C)NC(=O)C(CC)NC1=O. The molecule has 2 heterocycles. The van der Waals surface area contributed by atoms with Gasteiger partial charge in [-0.2, -0.15) is 0 Å². The molecular weight excluding hydrogens is 432 g/mol. The summed E-state index contributed by atoms with van der Waals surface area (Å²) in [6.07, 6.45) is 0.541. The molecule has 33 heavy (non-hydrogen) atoms. The number of nitrogens with one attached hydrogen (secondary N) is 4. The van der Waals surface area contributed by atoms with Crippen LogP contribution in [0.2, 0.25) is 0 Å². The first-order valence-electron chi connectivity index (χ1n) is 10.8. The average Bonchev–Trinajstić information content (AvgIpc) is 2.78. The van der Waals surface area contributed by atoms with Crippen LogP contribution in [-0.4, -0.2) is 65.5 Å². The lowest BCUT2D eigenvalue weighted by Gasteiger charge is -2.23. The fourth-order valence-electron chi connectivity index (χ4n) is 3.20. The van der Waals surface area contributed by atoms with E-state index in [2.05, 4.69) is 21.3 Å². The quantitative estimate of drug-likeness (QED) is 0.378. The van der Waals surface area contributed by atoms with E-state index in [1.807, 2.05) is 0 Å². The number of hydrogen-bond donors (Lipinski definition) is 5. The third kappa shape index (κ3) is 7.48. The molecule has 2 bridgehead atoms. The van der Waals surface area contributed by atoms with E-state index in [0.29, 0.717) is 17.7 Å². The third-order valence-electron chi connectivity index (χ3n) is 5.20. The van der Waals surface area contributed by atoms with Gasteiger partial charge in [0.15, 0.2) is 6.61 Å². The number of carboxylic acid groups (broad SMARTS) is 1. The summed E-state index contributed by atoms with van der Waals surface area (Å²) in [5.41, 5.74) is 0.626. The Labute approximate surface area is 191 Å². The van der Waals surface area contributed by atoms with Crippen molar-refractivity contribution in [1.82, 2.24) is 21.3 Å². The summed E-state index contributed by atoms with van der Waals surface area (Å²) in [4.78, 5) is 61.6. The first kappa shape index (κ1) is 25.6. The lowest BCUT2D eigenvalue weighted by molar-refractivity contribution is -0.142. The Hall–Kier alpha value is -3.63. The molecular formula is C22H30N4O7. The summed E-state index contributed by atoms with van der Waals surface area (Å²) in [6.45, 7) is 4.49. The van der Waals surface area contributed by atoms with Crippen LogP contribution in [0.4, 0.5) is 0 Å². The zero-order chi connectivity index (χ0) is 24.5. The van der Waals surface area contributed by atoms with Crippen molar-refractivity contribution in [3.8, 4) is 5.75 Å². The van der Waals surface area contributed by atoms with Gasteiger partial charge in [-0.1, -0.05) is 26.0 Å². The molecule has 3 rings (SSSR count). The van der Waals surface area contributed by atoms with Gasteiger partial charge in [-0.25, -0.2) is 4.79 Å². The van der Waals surface area contributed by atoms with E-state index in [-0.39, 0.29) is 19.4 Å². The second-order valence-corrected chi connectivity index (χ2v) is 7.76. The monoisotopic (exact) mass is 462 g/mol. The number of ether oxygens (including phenoxy) is 1. The van der Waals surface area contributed by atoms with E-state index in [1.165, 1.54) is 6.92 Å². The number of carboxylic acids is 1. The molecule has 0 fully saturated rings. The largest absolute Gasteiger partial charge is 0.484 e. The fourth-order valence-corrected chi connectivity index (χ4v) is 3.20. The van der Waals surface area contributed by atoms with Crippen molar-refractivity contribution in [2.45, 2.75) is 64.2 Å². The van der Waals surface area contributed by atoms with E-state index in [4.69, 9.17) is 4.74 Å². The first-order valence-corrected chi connectivity index (χ1v) is 10.8. The standard InChI is InChI=1S/C22H30N4O7/c1-4-15-21(30)25-16(5-2)20(29)23-12(3)19(28)26-17(22(31)32)10-13-6-8-14(9-7-13)33-11-18(27)24-15/h6-9,12,15-17H,4-5,10-11H2,1-3H3,(H,23,29)(H,24,27)(H,25,30)(H,26,28)(H,31,32). The maximum atomic E-state index is 12.6. The van der Waals surface area contributed by atoms with Gasteiger partial charge in [0, 0.05) is 6.42 Å². The molecule has 180 valence electrons. The van der Waals surface area contributed by atoms with E-state index in [1.54, 1.807) is 38.1 Å². The number of carbonyl (C=O) groups is 5. The summed E-state index contributed by atoms with van der Waals surface area (Å²) in [5.74, 6) is -3.17. The van der Waals surface area contributed by atoms with Crippen molar-refractivity contribution in [3.63, 3.8) is 0 Å². The summed E-state index contributed by atoms with van der Waals surface area (Å²) < 4.78 is 5.44. The second-order valence-electron chi connectivity index (χ2n) is 7.76. The van der Waals surface area contributed by atoms with Crippen molar-refractivity contribution in [2.24, 2.45) is 0 Å². The molecule has 4 atom stereocenters. The molecule has 0 saturated carbocycles. The minimum Gasteiger partial charge on any atom is -0.484 e. The van der Waals surface area contributed by atoms with Crippen LogP contribution in [0.1, 0.15) is 39.2 Å². The van der Waals surface area contributed by atoms with Crippen molar-refractivity contribution in [3.05, 3.63) is 29.8 Å². The highest BCUT2D eigenvalue weighted by Crippen LogP contribution is 2.14. The van der Waals surface area contributed by atoms with Gasteiger partial charge in [0.25, 0.3) is 5.91 Å². The van der Waals surface area contributed by atoms with Crippen LogP contribution in [0.15, 0.2) is 24.3 Å². The van der Waals surface area contributed by atoms with Crippen molar-refractivity contribution >= 4 is 29.6 Å². The first-order chi connectivity index (χ1) is 15.6. The Kier molecular flexibility index (Phi) is 9.19. The lowest BCUT2D eigenvalue weighted by atomic mass is 10.1. The molecule has 4 unspecified atom stereocenters. The van der Waals surface area contributed by atoms with E-state index in [9.17, 15) is 29.1 Å². The molecule has 11 heteroatoms. The average molecular weight is 463 g/mol. The number of hydrogen-bond acceptors (Lipinski definition) is 6. The van der Waals surface area contributed by atoms with Crippen LogP contribution in [0.5, 0.6) is 5.75 Å². The van der Waals surface area contributed by atoms with Crippen LogP contribution < -0.4 is 26.0 Å². The molecule has 2 aliphatic heterocycles. The molecule has 0 aliphatic carbocycles. The minimum atomic E-state index is -1.23. The van der Waals surface area contributed by atoms with Gasteiger partial charge in [0.1, 0.15) is 29.9 Å². The van der Waals surface area contributed by atoms with Crippen LogP contribution >= 0.6 is 0 Å². The molecule has 1 aromatic carbocycles. The molecule has 5 N–H and O–H groups in total. The number of aliphatic carboxylic acids is 1. The van der Waals surface area contributed by atoms with Crippen LogP contribution in [0.25, 0.3) is 0 Å². The summed E-state index contributed by atoms with van der Waals surface area (Å²) in [7, 11) is 0. The maximum absolute atomic E-state index is 12.6. The summed E-state index contributed by atoms with van der Waals surface area (Å²) in [6, 6.07) is 2.35. The molecule has 4 amide bonds. The van der Waals surface area contributed by atoms with Gasteiger partial charge < -0.3 is 31.1 Å². The van der Waals surface area contributed by atoms with Gasteiger partial charge in [-0.15, -0.1) is 0 Å². The number of benzene rings is 1. The molecule has 0 radical (unpaired) electrons. The highest BCUT2D eigenvalue weighted by molar-refractivity contribution is 5.95. The van der Waals surface area contributed by atoms with Gasteiger partial charge in [0.05, 0.1) is 0 Å². The molecule has 2 aliphatic rings. The van der Waals surface area contributed by atoms with Gasteiger partial charge in [-0.3, -0.25) is 19.2 Å². The predicted octanol–water partition coefficient (Wildman–Crippen LogP) is -0.515. The van der Waals surface area contributed by atoms with E-state index >= 15 is 0 Å². The number of rotatable bonds is 3. The molecule has 1 aromatic rings. The Morgan fingerprint density at radius 1 is 0.909 bits per heavy atom. The van der Waals surface area contributed by atoms with Gasteiger partial charge in [0.2, 0.25) is 17.7 Å². The smallest absolute Gasteiger partial charge is 0.326 e.